The predicted octanol–water partition coefficient (Wildman–Crippen LogP) is 4.05. The van der Waals surface area contributed by atoms with Gasteiger partial charge in [0.05, 0.1) is 7.11 Å². The number of anilines is 1. The Bertz CT molecular complexity index is 545. The third-order valence-electron chi connectivity index (χ3n) is 2.55. The van der Waals surface area contributed by atoms with E-state index in [1.807, 2.05) is 24.3 Å². The fourth-order valence-electron chi connectivity index (χ4n) is 1.61. The molecule has 0 saturated carbocycles. The van der Waals surface area contributed by atoms with Crippen LogP contribution in [0.2, 0.25) is 0 Å². The molecule has 2 rings (SSSR count). The molecular formula is C14H13FINO. The van der Waals surface area contributed by atoms with Crippen molar-refractivity contribution < 1.29 is 9.13 Å². The molecule has 0 aliphatic heterocycles. The SMILES string of the molecule is COc1cccc(CNc2ccc(F)cc2I)c1. The van der Waals surface area contributed by atoms with Crippen molar-refractivity contribution in [3.8, 4) is 5.75 Å². The van der Waals surface area contributed by atoms with Gasteiger partial charge in [0.1, 0.15) is 11.6 Å². The van der Waals surface area contributed by atoms with Crippen molar-refractivity contribution in [3.63, 3.8) is 0 Å². The second kappa shape index (κ2) is 6.04. The van der Waals surface area contributed by atoms with Crippen molar-refractivity contribution in [2.45, 2.75) is 6.54 Å². The quantitative estimate of drug-likeness (QED) is 0.834. The van der Waals surface area contributed by atoms with Gasteiger partial charge < -0.3 is 10.1 Å². The van der Waals surface area contributed by atoms with Crippen LogP contribution in [0.4, 0.5) is 10.1 Å². The fraction of sp³-hybridized carbons (Fsp3) is 0.143. The van der Waals surface area contributed by atoms with Gasteiger partial charge in [0, 0.05) is 15.8 Å². The fourth-order valence-corrected chi connectivity index (χ4v) is 2.28. The molecule has 1 N–H and O–H groups in total. The Kier molecular flexibility index (Phi) is 4.41. The zero-order valence-corrected chi connectivity index (χ0v) is 12.1. The first-order chi connectivity index (χ1) is 8.69. The Hall–Kier alpha value is -1.30. The maximum Gasteiger partial charge on any atom is 0.124 e. The van der Waals surface area contributed by atoms with Crippen LogP contribution >= 0.6 is 22.6 Å². The van der Waals surface area contributed by atoms with Gasteiger partial charge in [-0.25, -0.2) is 4.39 Å². The second-order valence-electron chi connectivity index (χ2n) is 3.83. The van der Waals surface area contributed by atoms with Gasteiger partial charge >= 0.3 is 0 Å². The van der Waals surface area contributed by atoms with E-state index in [0.717, 1.165) is 20.6 Å². The van der Waals surface area contributed by atoms with E-state index in [0.29, 0.717) is 6.54 Å². The zero-order valence-electron chi connectivity index (χ0n) is 9.91. The summed E-state index contributed by atoms with van der Waals surface area (Å²) in [5, 5.41) is 3.28. The summed E-state index contributed by atoms with van der Waals surface area (Å²) in [7, 11) is 1.65. The van der Waals surface area contributed by atoms with E-state index in [-0.39, 0.29) is 5.82 Å². The number of halogens is 2. The maximum absolute atomic E-state index is 13.0. The molecule has 2 aromatic rings. The van der Waals surface area contributed by atoms with Crippen LogP contribution in [0.3, 0.4) is 0 Å². The molecule has 0 aliphatic carbocycles. The van der Waals surface area contributed by atoms with Gasteiger partial charge in [-0.3, -0.25) is 0 Å². The van der Waals surface area contributed by atoms with Crippen molar-refractivity contribution in [3.05, 3.63) is 57.4 Å². The Labute approximate surface area is 119 Å². The third kappa shape index (κ3) is 3.35. The minimum atomic E-state index is -0.216. The average Bonchev–Trinajstić information content (AvgIpc) is 2.38. The molecule has 94 valence electrons. The lowest BCUT2D eigenvalue weighted by Gasteiger charge is -2.09. The van der Waals surface area contributed by atoms with Crippen LogP contribution in [0.1, 0.15) is 5.56 Å². The van der Waals surface area contributed by atoms with E-state index in [1.54, 1.807) is 13.2 Å². The van der Waals surface area contributed by atoms with E-state index in [4.69, 9.17) is 4.74 Å². The minimum Gasteiger partial charge on any atom is -0.497 e. The number of benzene rings is 2. The average molecular weight is 357 g/mol. The zero-order chi connectivity index (χ0) is 13.0. The number of nitrogens with one attached hydrogen (secondary N) is 1. The first kappa shape index (κ1) is 13.1. The Balaban J connectivity index is 2.06. The molecule has 0 radical (unpaired) electrons. The molecular weight excluding hydrogens is 344 g/mol. The largest absolute Gasteiger partial charge is 0.497 e. The molecule has 0 spiro atoms. The van der Waals surface area contributed by atoms with Gasteiger partial charge in [0.2, 0.25) is 0 Å². The second-order valence-corrected chi connectivity index (χ2v) is 4.99. The normalized spacial score (nSPS) is 10.2. The summed E-state index contributed by atoms with van der Waals surface area (Å²) < 4.78 is 19.0. The van der Waals surface area contributed by atoms with E-state index < -0.39 is 0 Å². The number of hydrogen-bond donors (Lipinski definition) is 1. The molecule has 2 aromatic carbocycles. The van der Waals surface area contributed by atoms with Crippen molar-refractivity contribution in [2.24, 2.45) is 0 Å². The van der Waals surface area contributed by atoms with Crippen molar-refractivity contribution in [2.75, 3.05) is 12.4 Å². The highest BCUT2D eigenvalue weighted by Crippen LogP contribution is 2.20. The smallest absolute Gasteiger partial charge is 0.124 e. The number of rotatable bonds is 4. The van der Waals surface area contributed by atoms with E-state index in [9.17, 15) is 4.39 Å². The molecule has 0 aliphatic rings. The first-order valence-electron chi connectivity index (χ1n) is 5.51. The van der Waals surface area contributed by atoms with Crippen LogP contribution in [0.15, 0.2) is 42.5 Å². The van der Waals surface area contributed by atoms with Gasteiger partial charge in [-0.15, -0.1) is 0 Å². The maximum atomic E-state index is 13.0. The monoisotopic (exact) mass is 357 g/mol. The lowest BCUT2D eigenvalue weighted by molar-refractivity contribution is 0.414. The number of ether oxygens (including phenoxy) is 1. The highest BCUT2D eigenvalue weighted by Gasteiger charge is 2.01. The number of hydrogen-bond acceptors (Lipinski definition) is 2. The summed E-state index contributed by atoms with van der Waals surface area (Å²) in [4.78, 5) is 0. The van der Waals surface area contributed by atoms with Crippen LogP contribution in [-0.4, -0.2) is 7.11 Å². The van der Waals surface area contributed by atoms with Gasteiger partial charge in [0.15, 0.2) is 0 Å². The third-order valence-corrected chi connectivity index (χ3v) is 3.44. The Morgan fingerprint density at radius 2 is 2.06 bits per heavy atom. The summed E-state index contributed by atoms with van der Waals surface area (Å²) in [5.41, 5.74) is 2.05. The van der Waals surface area contributed by atoms with Crippen molar-refractivity contribution in [1.29, 1.82) is 0 Å². The molecule has 0 unspecified atom stereocenters. The lowest BCUT2D eigenvalue weighted by Crippen LogP contribution is -2.01. The van der Waals surface area contributed by atoms with Crippen molar-refractivity contribution in [1.82, 2.24) is 0 Å². The van der Waals surface area contributed by atoms with E-state index in [2.05, 4.69) is 27.9 Å². The van der Waals surface area contributed by atoms with Gasteiger partial charge in [-0.2, -0.15) is 0 Å². The highest BCUT2D eigenvalue weighted by atomic mass is 127. The Morgan fingerprint density at radius 3 is 2.78 bits per heavy atom. The molecule has 0 atom stereocenters. The van der Waals surface area contributed by atoms with Crippen LogP contribution in [0.5, 0.6) is 5.75 Å². The molecule has 18 heavy (non-hydrogen) atoms. The Morgan fingerprint density at radius 1 is 1.22 bits per heavy atom. The molecule has 0 saturated heterocycles. The molecule has 4 heteroatoms. The summed E-state index contributed by atoms with van der Waals surface area (Å²) in [6.45, 7) is 0.679. The minimum absolute atomic E-state index is 0.216. The summed E-state index contributed by atoms with van der Waals surface area (Å²) >= 11 is 2.12. The molecule has 0 fully saturated rings. The first-order valence-corrected chi connectivity index (χ1v) is 6.59. The van der Waals surface area contributed by atoms with Crippen molar-refractivity contribution >= 4 is 28.3 Å². The van der Waals surface area contributed by atoms with Crippen LogP contribution in [0, 0.1) is 9.39 Å². The van der Waals surface area contributed by atoms with E-state index in [1.165, 1.54) is 12.1 Å². The topological polar surface area (TPSA) is 21.3 Å². The van der Waals surface area contributed by atoms with Crippen LogP contribution < -0.4 is 10.1 Å². The summed E-state index contributed by atoms with van der Waals surface area (Å²) in [6.07, 6.45) is 0. The molecule has 0 aromatic heterocycles. The van der Waals surface area contributed by atoms with E-state index >= 15 is 0 Å². The molecule has 0 heterocycles. The molecule has 0 amide bonds. The molecule has 2 nitrogen and oxygen atoms in total. The van der Waals surface area contributed by atoms with Crippen LogP contribution in [-0.2, 0) is 6.54 Å². The number of methoxy groups -OCH3 is 1. The van der Waals surface area contributed by atoms with Gasteiger partial charge in [-0.05, 0) is 58.5 Å². The van der Waals surface area contributed by atoms with Crippen LogP contribution in [0.25, 0.3) is 0 Å². The summed E-state index contributed by atoms with van der Waals surface area (Å²) in [5.74, 6) is 0.620. The highest BCUT2D eigenvalue weighted by molar-refractivity contribution is 14.1. The standard InChI is InChI=1S/C14H13FINO/c1-18-12-4-2-3-10(7-12)9-17-14-6-5-11(15)8-13(14)16/h2-8,17H,9H2,1H3. The lowest BCUT2D eigenvalue weighted by atomic mass is 10.2. The summed E-state index contributed by atoms with van der Waals surface area (Å²) in [6, 6.07) is 12.6. The van der Waals surface area contributed by atoms with Gasteiger partial charge in [-0.1, -0.05) is 12.1 Å². The van der Waals surface area contributed by atoms with Gasteiger partial charge in [0.25, 0.3) is 0 Å². The predicted molar refractivity (Wildman–Crippen MR) is 79.4 cm³/mol. The molecule has 0 bridgehead atoms.